The molecule has 45 heavy (non-hydrogen) atoms. The maximum absolute atomic E-state index is 11.6. The maximum atomic E-state index is 11.6. The molecule has 0 aliphatic heterocycles. The number of thioether (sulfide) groups is 1. The van der Waals surface area contributed by atoms with Gasteiger partial charge in [-0.15, -0.1) is 11.8 Å². The summed E-state index contributed by atoms with van der Waals surface area (Å²) < 4.78 is 66.9. The van der Waals surface area contributed by atoms with Crippen LogP contribution in [0.15, 0.2) is 81.4 Å². The Balaban J connectivity index is 1.50. The number of rotatable bonds is 13. The molecule has 232 valence electrons. The van der Waals surface area contributed by atoms with Crippen molar-refractivity contribution in [3.8, 4) is 12.1 Å². The average molecular weight is 685 g/mol. The molecule has 4 rings (SSSR count). The highest BCUT2D eigenvalue weighted by Crippen LogP contribution is 2.27. The van der Waals surface area contributed by atoms with Gasteiger partial charge in [-0.3, -0.25) is 13.4 Å². The monoisotopic (exact) mass is 684 g/mol. The Labute approximate surface area is 268 Å². The third kappa shape index (κ3) is 9.53. The highest BCUT2D eigenvalue weighted by molar-refractivity contribution is 8.01. The van der Waals surface area contributed by atoms with Crippen LogP contribution in [0, 0.1) is 22.7 Å². The van der Waals surface area contributed by atoms with Gasteiger partial charge in [-0.25, -0.2) is 0 Å². The Hall–Kier alpha value is -4.43. The molecule has 0 spiro atoms. The van der Waals surface area contributed by atoms with Crippen molar-refractivity contribution in [1.82, 2.24) is 15.0 Å². The van der Waals surface area contributed by atoms with E-state index in [0.29, 0.717) is 16.9 Å². The summed E-state index contributed by atoms with van der Waals surface area (Å²) in [5.74, 6) is 1.63. The van der Waals surface area contributed by atoms with Crippen LogP contribution < -0.4 is 14.9 Å². The second-order valence-electron chi connectivity index (χ2n) is 9.00. The Morgan fingerprint density at radius 1 is 0.778 bits per heavy atom. The van der Waals surface area contributed by atoms with Crippen molar-refractivity contribution in [2.24, 2.45) is 0 Å². The molecule has 18 heteroatoms. The number of nitriles is 2. The van der Waals surface area contributed by atoms with Crippen molar-refractivity contribution in [2.75, 3.05) is 33.5 Å². The van der Waals surface area contributed by atoms with E-state index in [1.165, 1.54) is 48.3 Å². The van der Waals surface area contributed by atoms with Crippen LogP contribution in [0.1, 0.15) is 17.5 Å². The fourth-order valence-electron chi connectivity index (χ4n) is 3.66. The minimum atomic E-state index is -4.46. The molecule has 4 aromatic rings. The van der Waals surface area contributed by atoms with Gasteiger partial charge in [-0.2, -0.15) is 42.3 Å². The predicted octanol–water partition coefficient (Wildman–Crippen LogP) is 4.86. The lowest BCUT2D eigenvalue weighted by molar-refractivity contribution is 0.481. The van der Waals surface area contributed by atoms with E-state index in [0.717, 1.165) is 17.1 Å². The van der Waals surface area contributed by atoms with Crippen LogP contribution >= 0.6 is 23.7 Å². The van der Waals surface area contributed by atoms with Crippen molar-refractivity contribution in [3.05, 3.63) is 77.9 Å². The highest BCUT2D eigenvalue weighted by atomic mass is 32.2. The molecule has 0 atom stereocenters. The molecule has 0 amide bonds. The van der Waals surface area contributed by atoms with E-state index < -0.39 is 20.2 Å². The maximum Gasteiger partial charge on any atom is 0.294 e. The first-order valence-corrected chi connectivity index (χ1v) is 17.6. The Bertz CT molecular complexity index is 1920. The summed E-state index contributed by atoms with van der Waals surface area (Å²) in [6.45, 7) is 0. The average Bonchev–Trinajstić information content (AvgIpc) is 3.00. The minimum Gasteiger partial charge on any atom is -0.324 e. The van der Waals surface area contributed by atoms with Gasteiger partial charge < -0.3 is 10.6 Å². The van der Waals surface area contributed by atoms with E-state index in [-0.39, 0.29) is 39.0 Å². The van der Waals surface area contributed by atoms with Crippen LogP contribution in [0.5, 0.6) is 0 Å². The third-order valence-corrected chi connectivity index (χ3v) is 9.56. The first-order chi connectivity index (χ1) is 21.4. The summed E-state index contributed by atoms with van der Waals surface area (Å²) in [6.07, 6.45) is 0.772. The minimum absolute atomic E-state index is 0.0121. The fraction of sp³-hybridized carbons (Fsp3) is 0.148. The summed E-state index contributed by atoms with van der Waals surface area (Å²) >= 11 is 2.97. The quantitative estimate of drug-likeness (QED) is 0.0638. The number of benzene rings is 3. The number of aromatic nitrogens is 3. The molecule has 1 heterocycles. The first kappa shape index (κ1) is 33.5. The lowest BCUT2D eigenvalue weighted by Crippen LogP contribution is -2.15. The van der Waals surface area contributed by atoms with E-state index in [1.54, 1.807) is 53.4 Å². The smallest absolute Gasteiger partial charge is 0.294 e. The topological polar surface area (TPSA) is 222 Å². The summed E-state index contributed by atoms with van der Waals surface area (Å²) in [6, 6.07) is 19.9. The van der Waals surface area contributed by atoms with Gasteiger partial charge in [-0.1, -0.05) is 12.1 Å². The zero-order chi connectivity index (χ0) is 32.6. The predicted molar refractivity (Wildman–Crippen MR) is 171 cm³/mol. The lowest BCUT2D eigenvalue weighted by atomic mass is 10.1. The third-order valence-electron chi connectivity index (χ3n) is 5.76. The number of anilines is 5. The molecule has 0 saturated heterocycles. The van der Waals surface area contributed by atoms with Crippen molar-refractivity contribution < 1.29 is 25.9 Å². The second kappa shape index (κ2) is 14.6. The fourth-order valence-corrected chi connectivity index (χ4v) is 6.53. The molecule has 0 fully saturated rings. The molecule has 0 bridgehead atoms. The molecular weight excluding hydrogens is 661 g/mol. The van der Waals surface area contributed by atoms with Gasteiger partial charge in [0.2, 0.25) is 17.8 Å². The van der Waals surface area contributed by atoms with Crippen LogP contribution in [-0.4, -0.2) is 59.4 Å². The zero-order valence-corrected chi connectivity index (χ0v) is 26.6. The van der Waals surface area contributed by atoms with Gasteiger partial charge in [0.25, 0.3) is 20.2 Å². The summed E-state index contributed by atoms with van der Waals surface area (Å²) in [4.78, 5) is 13.4. The zero-order valence-electron chi connectivity index (χ0n) is 23.3. The molecule has 3 aromatic carbocycles. The molecule has 0 unspecified atom stereocenters. The molecule has 0 aliphatic rings. The molecule has 14 nitrogen and oxygen atoms in total. The van der Waals surface area contributed by atoms with Crippen LogP contribution in [0.3, 0.4) is 0 Å². The van der Waals surface area contributed by atoms with Crippen LogP contribution in [0.25, 0.3) is 0 Å². The van der Waals surface area contributed by atoms with Gasteiger partial charge in [0.15, 0.2) is 0 Å². The van der Waals surface area contributed by atoms with E-state index in [1.807, 2.05) is 12.1 Å². The number of nitrogens with one attached hydrogen (secondary N) is 2. The van der Waals surface area contributed by atoms with Crippen molar-refractivity contribution in [2.45, 2.75) is 21.1 Å². The normalized spacial score (nSPS) is 11.3. The van der Waals surface area contributed by atoms with Gasteiger partial charge in [0.1, 0.15) is 12.1 Å². The molecule has 0 saturated carbocycles. The Kier molecular flexibility index (Phi) is 10.8. The summed E-state index contributed by atoms with van der Waals surface area (Å²) in [5.41, 5.74) is 1.18. The molecule has 0 aliphatic carbocycles. The van der Waals surface area contributed by atoms with E-state index in [4.69, 9.17) is 5.26 Å². The van der Waals surface area contributed by atoms with Gasteiger partial charge in [0, 0.05) is 29.1 Å². The van der Waals surface area contributed by atoms with E-state index in [9.17, 15) is 31.2 Å². The standard InChI is InChI=1S/C27H24N8O6S4/c1-35(43-12-4-11-42-22-10-9-18(16-28)19(13-22)17-29)27-33-25(30-20-5-2-7-23(14-20)44(36,37)38)32-26(34-27)31-21-6-3-8-24(15-21)45(39,40)41/h2-3,5-10,13-15H,4,11-12H2,1H3,(H,36,37,38)(H,39,40,41)(H2,30,31,32,33,34). The van der Waals surface area contributed by atoms with Gasteiger partial charge >= 0.3 is 0 Å². The van der Waals surface area contributed by atoms with Gasteiger partial charge in [0.05, 0.1) is 20.9 Å². The molecule has 0 radical (unpaired) electrons. The number of nitrogens with zero attached hydrogens (tertiary/aromatic N) is 6. The SMILES string of the molecule is CN(SCCCSc1ccc(C#N)c(C#N)c1)c1nc(Nc2cccc(S(=O)(=O)O)c2)nc(Nc2cccc(S(=O)(=O)O)c2)n1. The second-order valence-corrected chi connectivity index (χ2v) is 14.2. The van der Waals surface area contributed by atoms with Crippen LogP contribution in [0.2, 0.25) is 0 Å². The van der Waals surface area contributed by atoms with Crippen molar-refractivity contribution >= 4 is 73.2 Å². The summed E-state index contributed by atoms with van der Waals surface area (Å²) in [5, 5.41) is 24.1. The molecular formula is C27H24N8O6S4. The van der Waals surface area contributed by atoms with Crippen molar-refractivity contribution in [1.29, 1.82) is 10.5 Å². The van der Waals surface area contributed by atoms with Crippen molar-refractivity contribution in [3.63, 3.8) is 0 Å². The van der Waals surface area contributed by atoms with E-state index >= 15 is 0 Å². The largest absolute Gasteiger partial charge is 0.324 e. The Morgan fingerprint density at radius 2 is 1.33 bits per heavy atom. The van der Waals surface area contributed by atoms with Crippen LogP contribution in [-0.2, 0) is 20.2 Å². The highest BCUT2D eigenvalue weighted by Gasteiger charge is 2.15. The lowest BCUT2D eigenvalue weighted by Gasteiger charge is -2.18. The van der Waals surface area contributed by atoms with Crippen LogP contribution in [0.4, 0.5) is 29.2 Å². The molecule has 4 N–H and O–H groups in total. The number of hydrogen-bond donors (Lipinski definition) is 4. The van der Waals surface area contributed by atoms with Gasteiger partial charge in [-0.05, 0) is 78.7 Å². The molecule has 1 aromatic heterocycles. The van der Waals surface area contributed by atoms with E-state index in [2.05, 4.69) is 25.6 Å². The first-order valence-electron chi connectivity index (χ1n) is 12.7. The Morgan fingerprint density at radius 3 is 1.84 bits per heavy atom. The number of hydrogen-bond acceptors (Lipinski definition) is 14. The summed E-state index contributed by atoms with van der Waals surface area (Å²) in [7, 11) is -7.18.